The molecule has 0 aromatic heterocycles. The number of amides is 1. The summed E-state index contributed by atoms with van der Waals surface area (Å²) >= 11 is 0. The normalized spacial score (nSPS) is 27.0. The van der Waals surface area contributed by atoms with Gasteiger partial charge in [0.05, 0.1) is 0 Å². The lowest BCUT2D eigenvalue weighted by molar-refractivity contribution is -0.191. The summed E-state index contributed by atoms with van der Waals surface area (Å²) in [6.45, 7) is 3.36. The number of piperidine rings is 1. The Kier molecular flexibility index (Phi) is 3.89. The number of nitrogens with zero attached hydrogens (tertiary/aromatic N) is 2. The second-order valence-electron chi connectivity index (χ2n) is 6.15. The number of likely N-dealkylation sites (tertiary alicyclic amines) is 2. The number of hydrogen-bond donors (Lipinski definition) is 0. The van der Waals surface area contributed by atoms with Gasteiger partial charge in [-0.15, -0.1) is 0 Å². The number of carbonyl (C=O) groups excluding carboxylic acids is 1. The first-order valence-electron chi connectivity index (χ1n) is 7.54. The maximum atomic E-state index is 12.6. The van der Waals surface area contributed by atoms with Crippen LogP contribution in [0.15, 0.2) is 30.3 Å². The molecule has 0 radical (unpaired) electrons. The van der Waals surface area contributed by atoms with Crippen molar-refractivity contribution in [2.24, 2.45) is 5.92 Å². The van der Waals surface area contributed by atoms with Gasteiger partial charge in [0, 0.05) is 31.7 Å². The maximum Gasteiger partial charge on any atom is 0.471 e. The highest BCUT2D eigenvalue weighted by Gasteiger charge is 2.49. The van der Waals surface area contributed by atoms with E-state index in [1.807, 2.05) is 30.3 Å². The largest absolute Gasteiger partial charge is 0.471 e. The smallest absolute Gasteiger partial charge is 0.333 e. The van der Waals surface area contributed by atoms with Gasteiger partial charge in [0.2, 0.25) is 0 Å². The van der Waals surface area contributed by atoms with E-state index < -0.39 is 12.1 Å². The number of benzene rings is 1. The molecule has 2 heterocycles. The SMILES string of the molecule is CC(c1ccccc1)N1C[C@@H]2CCN(C(=O)C(F)(F)F)C[C@@H]21. The third-order valence-corrected chi connectivity index (χ3v) is 4.90. The third-order valence-electron chi connectivity index (χ3n) is 4.90. The molecule has 2 aliphatic heterocycles. The van der Waals surface area contributed by atoms with Crippen LogP contribution in [0.25, 0.3) is 0 Å². The van der Waals surface area contributed by atoms with Crippen molar-refractivity contribution in [3.63, 3.8) is 0 Å². The molecule has 0 aliphatic carbocycles. The summed E-state index contributed by atoms with van der Waals surface area (Å²) in [6.07, 6.45) is -4.11. The standard InChI is InChI=1S/C16H19F3N2O/c1-11(12-5-3-2-4-6-12)21-9-13-7-8-20(10-14(13)21)15(22)16(17,18)19/h2-6,11,13-14H,7-10H2,1H3/t11?,13-,14-/m0/s1. The van der Waals surface area contributed by atoms with E-state index in [1.54, 1.807) is 0 Å². The monoisotopic (exact) mass is 312 g/mol. The summed E-state index contributed by atoms with van der Waals surface area (Å²) in [4.78, 5) is 14.6. The van der Waals surface area contributed by atoms with Crippen LogP contribution in [-0.4, -0.2) is 47.6 Å². The van der Waals surface area contributed by atoms with E-state index in [0.717, 1.165) is 17.0 Å². The average Bonchev–Trinajstić information content (AvgIpc) is 2.47. The summed E-state index contributed by atoms with van der Waals surface area (Å²) in [5.41, 5.74) is 1.15. The Bertz CT molecular complexity index is 546. The Labute approximate surface area is 127 Å². The summed E-state index contributed by atoms with van der Waals surface area (Å²) < 4.78 is 37.8. The predicted octanol–water partition coefficient (Wildman–Crippen LogP) is 2.84. The number of halogens is 3. The van der Waals surface area contributed by atoms with Gasteiger partial charge in [0.1, 0.15) is 0 Å². The van der Waals surface area contributed by atoms with Crippen molar-refractivity contribution in [1.29, 1.82) is 0 Å². The van der Waals surface area contributed by atoms with Crippen LogP contribution in [0.1, 0.15) is 24.9 Å². The van der Waals surface area contributed by atoms with Gasteiger partial charge in [0.25, 0.3) is 0 Å². The molecule has 1 aromatic rings. The lowest BCUT2D eigenvalue weighted by Crippen LogP contribution is -2.65. The highest BCUT2D eigenvalue weighted by molar-refractivity contribution is 5.82. The molecule has 22 heavy (non-hydrogen) atoms. The fraction of sp³-hybridized carbons (Fsp3) is 0.562. The van der Waals surface area contributed by atoms with Gasteiger partial charge >= 0.3 is 12.1 Å². The zero-order valence-corrected chi connectivity index (χ0v) is 12.4. The van der Waals surface area contributed by atoms with Crippen LogP contribution in [0, 0.1) is 5.92 Å². The van der Waals surface area contributed by atoms with Crippen molar-refractivity contribution < 1.29 is 18.0 Å². The van der Waals surface area contributed by atoms with Crippen molar-refractivity contribution in [2.45, 2.75) is 31.6 Å². The molecule has 120 valence electrons. The highest BCUT2D eigenvalue weighted by Crippen LogP contribution is 2.39. The van der Waals surface area contributed by atoms with E-state index in [2.05, 4.69) is 11.8 Å². The van der Waals surface area contributed by atoms with Crippen molar-refractivity contribution in [3.8, 4) is 0 Å². The minimum atomic E-state index is -4.77. The first kappa shape index (κ1) is 15.3. The maximum absolute atomic E-state index is 12.6. The van der Waals surface area contributed by atoms with Crippen molar-refractivity contribution in [2.75, 3.05) is 19.6 Å². The zero-order chi connectivity index (χ0) is 15.9. The molecule has 6 heteroatoms. The molecule has 2 aliphatic rings. The van der Waals surface area contributed by atoms with Crippen LogP contribution in [-0.2, 0) is 4.79 Å². The molecule has 2 saturated heterocycles. The van der Waals surface area contributed by atoms with E-state index in [1.165, 1.54) is 0 Å². The van der Waals surface area contributed by atoms with Gasteiger partial charge in [-0.3, -0.25) is 9.69 Å². The molecule has 3 rings (SSSR count). The molecule has 1 unspecified atom stereocenters. The van der Waals surface area contributed by atoms with Gasteiger partial charge in [0.15, 0.2) is 0 Å². The fourth-order valence-electron chi connectivity index (χ4n) is 3.57. The van der Waals surface area contributed by atoms with E-state index in [-0.39, 0.29) is 25.2 Å². The fourth-order valence-corrected chi connectivity index (χ4v) is 3.57. The van der Waals surface area contributed by atoms with E-state index >= 15 is 0 Å². The topological polar surface area (TPSA) is 23.6 Å². The molecule has 0 N–H and O–H groups in total. The second kappa shape index (κ2) is 5.57. The molecule has 0 bridgehead atoms. The molecule has 1 aromatic carbocycles. The van der Waals surface area contributed by atoms with Crippen molar-refractivity contribution in [1.82, 2.24) is 9.80 Å². The van der Waals surface area contributed by atoms with Gasteiger partial charge in [-0.1, -0.05) is 30.3 Å². The molecule has 0 spiro atoms. The molecule has 2 fully saturated rings. The molecule has 3 atom stereocenters. The minimum Gasteiger partial charge on any atom is -0.333 e. The summed E-state index contributed by atoms with van der Waals surface area (Å²) in [7, 11) is 0. The third kappa shape index (κ3) is 2.72. The van der Waals surface area contributed by atoms with Crippen LogP contribution in [0.2, 0.25) is 0 Å². The van der Waals surface area contributed by atoms with Gasteiger partial charge in [-0.25, -0.2) is 0 Å². The van der Waals surface area contributed by atoms with Gasteiger partial charge < -0.3 is 4.90 Å². The number of rotatable bonds is 2. The highest BCUT2D eigenvalue weighted by atomic mass is 19.4. The van der Waals surface area contributed by atoms with Crippen LogP contribution in [0.4, 0.5) is 13.2 Å². The number of alkyl halides is 3. The minimum absolute atomic E-state index is 0.0373. The van der Waals surface area contributed by atoms with E-state index in [9.17, 15) is 18.0 Å². The molecule has 3 nitrogen and oxygen atoms in total. The number of hydrogen-bond acceptors (Lipinski definition) is 2. The lowest BCUT2D eigenvalue weighted by atomic mass is 9.80. The lowest BCUT2D eigenvalue weighted by Gasteiger charge is -2.55. The molecule has 0 saturated carbocycles. The number of fused-ring (bicyclic) bond motifs is 1. The zero-order valence-electron chi connectivity index (χ0n) is 12.4. The Hall–Kier alpha value is -1.56. The summed E-state index contributed by atoms with van der Waals surface area (Å²) in [5.74, 6) is -1.30. The predicted molar refractivity (Wildman–Crippen MR) is 76.1 cm³/mol. The Balaban J connectivity index is 1.68. The van der Waals surface area contributed by atoms with Crippen molar-refractivity contribution in [3.05, 3.63) is 35.9 Å². The van der Waals surface area contributed by atoms with Crippen molar-refractivity contribution >= 4 is 5.91 Å². The van der Waals surface area contributed by atoms with Crippen LogP contribution < -0.4 is 0 Å². The van der Waals surface area contributed by atoms with E-state index in [0.29, 0.717) is 12.3 Å². The summed E-state index contributed by atoms with van der Waals surface area (Å²) in [5, 5.41) is 0. The summed E-state index contributed by atoms with van der Waals surface area (Å²) in [6, 6.07) is 10.1. The Morgan fingerprint density at radius 2 is 1.91 bits per heavy atom. The average molecular weight is 312 g/mol. The Morgan fingerprint density at radius 1 is 1.23 bits per heavy atom. The quantitative estimate of drug-likeness (QED) is 0.838. The van der Waals surface area contributed by atoms with Crippen LogP contribution in [0.3, 0.4) is 0 Å². The molecule has 1 amide bonds. The Morgan fingerprint density at radius 3 is 2.55 bits per heavy atom. The second-order valence-corrected chi connectivity index (χ2v) is 6.15. The molecular formula is C16H19F3N2O. The van der Waals surface area contributed by atoms with Gasteiger partial charge in [-0.05, 0) is 24.8 Å². The molecular weight excluding hydrogens is 293 g/mol. The van der Waals surface area contributed by atoms with Gasteiger partial charge in [-0.2, -0.15) is 13.2 Å². The first-order valence-corrected chi connectivity index (χ1v) is 7.54. The van der Waals surface area contributed by atoms with Crippen LogP contribution in [0.5, 0.6) is 0 Å². The number of carbonyl (C=O) groups is 1. The van der Waals surface area contributed by atoms with Crippen LogP contribution >= 0.6 is 0 Å². The van der Waals surface area contributed by atoms with E-state index in [4.69, 9.17) is 0 Å². The first-order chi connectivity index (χ1) is 10.4.